The molecule has 0 aromatic carbocycles. The van der Waals surface area contributed by atoms with Crippen LogP contribution in [0.1, 0.15) is 90.7 Å². The molecule has 2 aromatic heterocycles. The minimum atomic E-state index is -0.972. The molecule has 1 aliphatic heterocycles. The van der Waals surface area contributed by atoms with Crippen molar-refractivity contribution >= 4 is 23.5 Å². The lowest BCUT2D eigenvalue weighted by Gasteiger charge is -2.47. The Labute approximate surface area is 231 Å². The molecule has 3 heterocycles. The number of amides is 1. The topological polar surface area (TPSA) is 121 Å². The molecule has 2 N–H and O–H groups in total. The van der Waals surface area contributed by atoms with E-state index in [1.165, 1.54) is 19.3 Å². The highest BCUT2D eigenvalue weighted by molar-refractivity contribution is 5.93. The molecule has 1 saturated carbocycles. The first kappa shape index (κ1) is 28.7. The molecule has 10 heteroatoms. The maximum Gasteiger partial charge on any atom is 0.337 e. The zero-order valence-electron chi connectivity index (χ0n) is 24.2. The van der Waals surface area contributed by atoms with Crippen molar-refractivity contribution in [2.45, 2.75) is 78.4 Å². The summed E-state index contributed by atoms with van der Waals surface area (Å²) in [6, 6.07) is 1.81. The van der Waals surface area contributed by atoms with Crippen molar-refractivity contribution in [2.24, 2.45) is 5.92 Å². The zero-order chi connectivity index (χ0) is 28.5. The SMILES string of the molecule is COC(CNc1ncc(C(=O)N2CCN(c3cc(C)c(C(=O)O)c(C)n3)CC2(C)C)nc1C(C)C)C1CCC1. The third kappa shape index (κ3) is 6.00. The van der Waals surface area contributed by atoms with Crippen molar-refractivity contribution in [3.8, 4) is 0 Å². The number of aromatic nitrogens is 3. The molecule has 1 amide bonds. The van der Waals surface area contributed by atoms with Crippen LogP contribution in [0, 0.1) is 19.8 Å². The lowest BCUT2D eigenvalue weighted by atomic mass is 9.81. The molecule has 1 aliphatic carbocycles. The molecule has 212 valence electrons. The van der Waals surface area contributed by atoms with Crippen molar-refractivity contribution < 1.29 is 19.4 Å². The van der Waals surface area contributed by atoms with E-state index < -0.39 is 11.5 Å². The number of aryl methyl sites for hydroxylation is 2. The third-order valence-electron chi connectivity index (χ3n) is 8.08. The smallest absolute Gasteiger partial charge is 0.337 e. The Morgan fingerprint density at radius 2 is 1.92 bits per heavy atom. The molecular formula is C29H42N6O4. The number of pyridine rings is 1. The van der Waals surface area contributed by atoms with Gasteiger partial charge < -0.3 is 25.0 Å². The summed E-state index contributed by atoms with van der Waals surface area (Å²) in [6.45, 7) is 14.0. The Balaban J connectivity index is 1.49. The Hall–Kier alpha value is -3.27. The van der Waals surface area contributed by atoms with Crippen LogP contribution >= 0.6 is 0 Å². The second kappa shape index (κ2) is 11.5. The number of nitrogens with one attached hydrogen (secondary N) is 1. The van der Waals surface area contributed by atoms with Crippen LogP contribution < -0.4 is 10.2 Å². The normalized spacial score (nSPS) is 18.2. The minimum absolute atomic E-state index is 0.0913. The maximum atomic E-state index is 13.7. The van der Waals surface area contributed by atoms with Crippen LogP contribution in [0.5, 0.6) is 0 Å². The van der Waals surface area contributed by atoms with Gasteiger partial charge in [-0.15, -0.1) is 0 Å². The number of piperazine rings is 1. The number of anilines is 2. The van der Waals surface area contributed by atoms with Crippen LogP contribution in [0.25, 0.3) is 0 Å². The fourth-order valence-corrected chi connectivity index (χ4v) is 5.66. The zero-order valence-corrected chi connectivity index (χ0v) is 24.2. The fraction of sp³-hybridized carbons (Fsp3) is 0.621. The first-order chi connectivity index (χ1) is 18.4. The molecule has 2 fully saturated rings. The van der Waals surface area contributed by atoms with Crippen molar-refractivity contribution in [3.63, 3.8) is 0 Å². The van der Waals surface area contributed by atoms with Gasteiger partial charge in [0.05, 0.1) is 34.8 Å². The van der Waals surface area contributed by atoms with E-state index in [2.05, 4.69) is 34.0 Å². The molecule has 39 heavy (non-hydrogen) atoms. The summed E-state index contributed by atoms with van der Waals surface area (Å²) in [5.74, 6) is 0.981. The lowest BCUT2D eigenvalue weighted by Crippen LogP contribution is -2.61. The Bertz CT molecular complexity index is 1200. The summed E-state index contributed by atoms with van der Waals surface area (Å²) in [5, 5.41) is 12.9. The summed E-state index contributed by atoms with van der Waals surface area (Å²) in [4.78, 5) is 43.2. The molecular weight excluding hydrogens is 496 g/mol. The van der Waals surface area contributed by atoms with E-state index in [4.69, 9.17) is 9.72 Å². The summed E-state index contributed by atoms with van der Waals surface area (Å²) in [7, 11) is 1.76. The number of carbonyl (C=O) groups is 2. The average molecular weight is 539 g/mol. The lowest BCUT2D eigenvalue weighted by molar-refractivity contribution is 0.0287. The quantitative estimate of drug-likeness (QED) is 0.482. The molecule has 0 spiro atoms. The van der Waals surface area contributed by atoms with Crippen LogP contribution in [0.15, 0.2) is 12.3 Å². The van der Waals surface area contributed by atoms with Gasteiger partial charge in [-0.25, -0.2) is 19.7 Å². The fourth-order valence-electron chi connectivity index (χ4n) is 5.66. The number of hydrogen-bond donors (Lipinski definition) is 2. The van der Waals surface area contributed by atoms with E-state index in [0.29, 0.717) is 54.9 Å². The number of aromatic carboxylic acids is 1. The number of carboxylic acids is 1. The average Bonchev–Trinajstić information content (AvgIpc) is 2.83. The monoisotopic (exact) mass is 538 g/mol. The summed E-state index contributed by atoms with van der Waals surface area (Å²) < 4.78 is 5.70. The van der Waals surface area contributed by atoms with Crippen molar-refractivity contribution in [3.05, 3.63) is 40.5 Å². The van der Waals surface area contributed by atoms with E-state index in [0.717, 1.165) is 11.5 Å². The van der Waals surface area contributed by atoms with Gasteiger partial charge in [-0.2, -0.15) is 0 Å². The second-order valence-electron chi connectivity index (χ2n) is 11.7. The van der Waals surface area contributed by atoms with Gasteiger partial charge >= 0.3 is 5.97 Å². The van der Waals surface area contributed by atoms with Gasteiger partial charge in [0.25, 0.3) is 5.91 Å². The Morgan fingerprint density at radius 3 is 2.46 bits per heavy atom. The van der Waals surface area contributed by atoms with Gasteiger partial charge in [0, 0.05) is 33.3 Å². The van der Waals surface area contributed by atoms with E-state index in [1.807, 2.05) is 24.8 Å². The van der Waals surface area contributed by atoms with Gasteiger partial charge in [-0.05, 0) is 64.0 Å². The number of rotatable bonds is 9. The van der Waals surface area contributed by atoms with E-state index in [-0.39, 0.29) is 23.5 Å². The number of hydrogen-bond acceptors (Lipinski definition) is 8. The molecule has 0 radical (unpaired) electrons. The highest BCUT2D eigenvalue weighted by Crippen LogP contribution is 2.32. The molecule has 2 aromatic rings. The van der Waals surface area contributed by atoms with E-state index >= 15 is 0 Å². The van der Waals surface area contributed by atoms with Gasteiger partial charge in [-0.1, -0.05) is 20.3 Å². The number of methoxy groups -OCH3 is 1. The van der Waals surface area contributed by atoms with Crippen molar-refractivity contribution in [1.82, 2.24) is 19.9 Å². The van der Waals surface area contributed by atoms with Crippen LogP contribution in [-0.4, -0.2) is 81.8 Å². The molecule has 10 nitrogen and oxygen atoms in total. The maximum absolute atomic E-state index is 13.7. The Kier molecular flexibility index (Phi) is 8.44. The van der Waals surface area contributed by atoms with Crippen LogP contribution in [0.2, 0.25) is 0 Å². The number of ether oxygens (including phenoxy) is 1. The van der Waals surface area contributed by atoms with E-state index in [1.54, 1.807) is 27.2 Å². The molecule has 1 atom stereocenters. The van der Waals surface area contributed by atoms with Crippen LogP contribution in [0.3, 0.4) is 0 Å². The first-order valence-corrected chi connectivity index (χ1v) is 13.8. The first-order valence-electron chi connectivity index (χ1n) is 13.8. The van der Waals surface area contributed by atoms with E-state index in [9.17, 15) is 14.7 Å². The molecule has 1 unspecified atom stereocenters. The standard InChI is InChI=1S/C29H42N6O4/c1-17(2)25-26(31-15-22(39-7)20-9-8-10-20)30-14-21(33-25)27(36)35-12-11-34(16-29(35,5)6)23-13-18(3)24(28(37)38)19(4)32-23/h13-14,17,20,22H,8-12,15-16H2,1-7H3,(H,30,31)(H,37,38). The number of carbonyl (C=O) groups excluding carboxylic acids is 1. The van der Waals surface area contributed by atoms with Gasteiger partial charge in [0.15, 0.2) is 0 Å². The summed E-state index contributed by atoms with van der Waals surface area (Å²) in [5.41, 5.74) is 2.01. The molecule has 2 aliphatic rings. The number of carboxylic acid groups (broad SMARTS) is 1. The van der Waals surface area contributed by atoms with Crippen molar-refractivity contribution in [1.29, 1.82) is 0 Å². The molecule has 1 saturated heterocycles. The highest BCUT2D eigenvalue weighted by atomic mass is 16.5. The minimum Gasteiger partial charge on any atom is -0.478 e. The van der Waals surface area contributed by atoms with Gasteiger partial charge in [-0.3, -0.25) is 4.79 Å². The highest BCUT2D eigenvalue weighted by Gasteiger charge is 2.39. The largest absolute Gasteiger partial charge is 0.478 e. The third-order valence-corrected chi connectivity index (χ3v) is 8.08. The number of nitrogens with zero attached hydrogens (tertiary/aromatic N) is 5. The predicted molar refractivity (Wildman–Crippen MR) is 151 cm³/mol. The molecule has 0 bridgehead atoms. The molecule has 4 rings (SSSR count). The Morgan fingerprint density at radius 1 is 1.21 bits per heavy atom. The summed E-state index contributed by atoms with van der Waals surface area (Å²) >= 11 is 0. The van der Waals surface area contributed by atoms with Crippen LogP contribution in [-0.2, 0) is 4.74 Å². The summed E-state index contributed by atoms with van der Waals surface area (Å²) in [6.07, 6.45) is 5.37. The van der Waals surface area contributed by atoms with Crippen molar-refractivity contribution in [2.75, 3.05) is 43.5 Å². The second-order valence-corrected chi connectivity index (χ2v) is 11.7. The predicted octanol–water partition coefficient (Wildman–Crippen LogP) is 4.28. The van der Waals surface area contributed by atoms with Crippen LogP contribution in [0.4, 0.5) is 11.6 Å². The van der Waals surface area contributed by atoms with Gasteiger partial charge in [0.2, 0.25) is 0 Å². The van der Waals surface area contributed by atoms with Gasteiger partial charge in [0.1, 0.15) is 17.3 Å².